The molecule has 0 radical (unpaired) electrons. The number of hydrogen-bond acceptors (Lipinski definition) is 4. The first-order valence-corrected chi connectivity index (χ1v) is 9.59. The van der Waals surface area contributed by atoms with Crippen LogP contribution in [0.2, 0.25) is 5.02 Å². The molecule has 0 saturated carbocycles. The van der Waals surface area contributed by atoms with Gasteiger partial charge in [-0.1, -0.05) is 35.7 Å². The molecule has 0 atom stereocenters. The second kappa shape index (κ2) is 9.29. The van der Waals surface area contributed by atoms with Crippen molar-refractivity contribution in [2.45, 2.75) is 20.4 Å². The molecule has 0 fully saturated rings. The Kier molecular flexibility index (Phi) is 6.55. The lowest BCUT2D eigenvalue weighted by molar-refractivity contribution is 0.0951. The number of nitrogens with one attached hydrogen (secondary N) is 1. The minimum atomic E-state index is -0.304. The fourth-order valence-electron chi connectivity index (χ4n) is 2.95. The fourth-order valence-corrected chi connectivity index (χ4v) is 3.30. The summed E-state index contributed by atoms with van der Waals surface area (Å²) in [4.78, 5) is 17.1. The van der Waals surface area contributed by atoms with Gasteiger partial charge in [0, 0.05) is 18.4 Å². The molecule has 7 heteroatoms. The van der Waals surface area contributed by atoms with Gasteiger partial charge >= 0.3 is 0 Å². The minimum Gasteiger partial charge on any atom is -0.497 e. The maximum Gasteiger partial charge on any atom is 0.254 e. The van der Waals surface area contributed by atoms with Gasteiger partial charge in [0.1, 0.15) is 5.75 Å². The lowest BCUT2D eigenvalue weighted by Gasteiger charge is -2.09. The highest BCUT2D eigenvalue weighted by atomic mass is 35.5. The molecule has 1 aromatic carbocycles. The van der Waals surface area contributed by atoms with Crippen molar-refractivity contribution in [1.82, 2.24) is 20.1 Å². The molecular formula is C23H21ClN4O2. The van der Waals surface area contributed by atoms with E-state index >= 15 is 0 Å². The van der Waals surface area contributed by atoms with Crippen LogP contribution in [0.3, 0.4) is 0 Å². The minimum absolute atomic E-state index is 0.300. The molecule has 152 valence electrons. The lowest BCUT2D eigenvalue weighted by atomic mass is 10.1. The number of rotatable bonds is 6. The van der Waals surface area contributed by atoms with Crippen LogP contribution >= 0.6 is 11.6 Å². The predicted octanol–water partition coefficient (Wildman–Crippen LogP) is 4.38. The van der Waals surface area contributed by atoms with E-state index in [1.807, 2.05) is 44.2 Å². The van der Waals surface area contributed by atoms with Crippen LogP contribution < -0.4 is 10.1 Å². The van der Waals surface area contributed by atoms with Crippen molar-refractivity contribution in [3.63, 3.8) is 0 Å². The van der Waals surface area contributed by atoms with Gasteiger partial charge in [-0.15, -0.1) is 6.42 Å². The van der Waals surface area contributed by atoms with Gasteiger partial charge in [-0.3, -0.25) is 4.79 Å². The van der Waals surface area contributed by atoms with Crippen LogP contribution in [0.25, 0.3) is 16.7 Å². The molecule has 2 aromatic heterocycles. The van der Waals surface area contributed by atoms with E-state index in [1.54, 1.807) is 23.9 Å². The summed E-state index contributed by atoms with van der Waals surface area (Å²) in [5.41, 5.74) is 3.32. The smallest absolute Gasteiger partial charge is 0.254 e. The van der Waals surface area contributed by atoms with E-state index in [1.165, 1.54) is 6.20 Å². The summed E-state index contributed by atoms with van der Waals surface area (Å²) in [7, 11) is 1.61. The summed E-state index contributed by atoms with van der Waals surface area (Å²) in [6.45, 7) is 4.08. The Labute approximate surface area is 180 Å². The molecule has 2 heterocycles. The van der Waals surface area contributed by atoms with E-state index in [4.69, 9.17) is 22.8 Å². The number of fused-ring (bicyclic) bond motifs is 1. The molecule has 1 N–H and O–H groups in total. The van der Waals surface area contributed by atoms with Gasteiger partial charge in [0.05, 0.1) is 28.8 Å². The van der Waals surface area contributed by atoms with Gasteiger partial charge in [0.2, 0.25) is 0 Å². The summed E-state index contributed by atoms with van der Waals surface area (Å²) < 4.78 is 6.82. The third-order valence-electron chi connectivity index (χ3n) is 4.53. The number of aryl methyl sites for hydroxylation is 1. The summed E-state index contributed by atoms with van der Waals surface area (Å²) in [6, 6.07) is 7.46. The predicted molar refractivity (Wildman–Crippen MR) is 119 cm³/mol. The first-order valence-electron chi connectivity index (χ1n) is 9.21. The highest BCUT2D eigenvalue weighted by Crippen LogP contribution is 2.29. The molecule has 0 bridgehead atoms. The number of carbonyl (C=O) groups is 1. The first kappa shape index (κ1) is 21.2. The quantitative estimate of drug-likeness (QED) is 0.474. The van der Waals surface area contributed by atoms with E-state index in [2.05, 4.69) is 21.3 Å². The van der Waals surface area contributed by atoms with E-state index in [9.17, 15) is 4.79 Å². The first-order chi connectivity index (χ1) is 14.5. The van der Waals surface area contributed by atoms with Gasteiger partial charge in [0.25, 0.3) is 5.91 Å². The number of terminal acetylenes is 1. The molecule has 3 aromatic rings. The number of pyridine rings is 1. The summed E-state index contributed by atoms with van der Waals surface area (Å²) in [6.07, 6.45) is 11.9. The number of nitrogens with zero attached hydrogens (tertiary/aromatic N) is 3. The summed E-state index contributed by atoms with van der Waals surface area (Å²) >= 11 is 6.58. The maximum absolute atomic E-state index is 12.7. The van der Waals surface area contributed by atoms with E-state index in [0.29, 0.717) is 33.9 Å². The van der Waals surface area contributed by atoms with Crippen LogP contribution in [0.1, 0.15) is 28.5 Å². The number of halogens is 1. The molecule has 30 heavy (non-hydrogen) atoms. The van der Waals surface area contributed by atoms with Crippen LogP contribution in [0.15, 0.2) is 48.7 Å². The standard InChI is InChI=1S/C23H21ClN4O2/c1-5-6-7-8-15(2)28-22-20(16(3)27-28)21(24)19(14-25-22)23(29)26-13-17-9-11-18(30-4)12-10-17/h1,6-12,14H,13H2,2-4H3,(H,26,29)/b7-6-,15-8+. The molecular weight excluding hydrogens is 400 g/mol. The summed E-state index contributed by atoms with van der Waals surface area (Å²) in [5.74, 6) is 2.89. The third-order valence-corrected chi connectivity index (χ3v) is 4.92. The zero-order valence-corrected chi connectivity index (χ0v) is 17.7. The van der Waals surface area contributed by atoms with Gasteiger partial charge in [-0.25, -0.2) is 9.67 Å². The third kappa shape index (κ3) is 4.37. The number of methoxy groups -OCH3 is 1. The number of benzene rings is 1. The van der Waals surface area contributed by atoms with Crippen molar-refractivity contribution < 1.29 is 9.53 Å². The molecule has 0 unspecified atom stereocenters. The average Bonchev–Trinajstić information content (AvgIpc) is 3.10. The highest BCUT2D eigenvalue weighted by Gasteiger charge is 2.19. The normalized spacial score (nSPS) is 11.6. The van der Waals surface area contributed by atoms with Crippen LogP contribution in [0, 0.1) is 19.3 Å². The monoisotopic (exact) mass is 420 g/mol. The molecule has 0 aliphatic heterocycles. The van der Waals surface area contributed by atoms with Gasteiger partial charge < -0.3 is 10.1 Å². The number of hydrogen-bond donors (Lipinski definition) is 1. The van der Waals surface area contributed by atoms with Gasteiger partial charge in [-0.05, 0) is 43.7 Å². The zero-order chi connectivity index (χ0) is 21.7. The van der Waals surface area contributed by atoms with Crippen molar-refractivity contribution in [3.8, 4) is 18.1 Å². The van der Waals surface area contributed by atoms with Crippen molar-refractivity contribution in [3.05, 3.63) is 70.5 Å². The molecule has 0 aliphatic rings. The molecule has 1 amide bonds. The number of carbonyl (C=O) groups excluding carboxylic acids is 1. The summed E-state index contributed by atoms with van der Waals surface area (Å²) in [5, 5.41) is 8.35. The number of amides is 1. The highest BCUT2D eigenvalue weighted by molar-refractivity contribution is 6.38. The Morgan fingerprint density at radius 3 is 2.77 bits per heavy atom. The maximum atomic E-state index is 12.7. The topological polar surface area (TPSA) is 69.0 Å². The fraction of sp³-hybridized carbons (Fsp3) is 0.174. The van der Waals surface area contributed by atoms with Crippen molar-refractivity contribution in [2.24, 2.45) is 0 Å². The Morgan fingerprint density at radius 1 is 1.37 bits per heavy atom. The van der Waals surface area contributed by atoms with Crippen LogP contribution in [-0.2, 0) is 6.54 Å². The van der Waals surface area contributed by atoms with Crippen molar-refractivity contribution >= 4 is 34.2 Å². The van der Waals surface area contributed by atoms with Gasteiger partial charge in [0.15, 0.2) is 5.65 Å². The average molecular weight is 421 g/mol. The van der Waals surface area contributed by atoms with Crippen molar-refractivity contribution in [1.29, 1.82) is 0 Å². The van der Waals surface area contributed by atoms with Gasteiger partial charge in [-0.2, -0.15) is 5.10 Å². The zero-order valence-electron chi connectivity index (χ0n) is 16.9. The Bertz CT molecular complexity index is 1180. The van der Waals surface area contributed by atoms with Crippen LogP contribution in [0.5, 0.6) is 5.75 Å². The molecule has 0 spiro atoms. The largest absolute Gasteiger partial charge is 0.497 e. The Hall–Kier alpha value is -3.56. The number of aromatic nitrogens is 3. The lowest BCUT2D eigenvalue weighted by Crippen LogP contribution is -2.23. The second-order valence-corrected chi connectivity index (χ2v) is 6.92. The molecule has 0 saturated heterocycles. The SMILES string of the molecule is C#C/C=C\C=C(/C)n1nc(C)c2c(Cl)c(C(=O)NCc3ccc(OC)cc3)cnc21. The van der Waals surface area contributed by atoms with E-state index < -0.39 is 0 Å². The van der Waals surface area contributed by atoms with Crippen molar-refractivity contribution in [2.75, 3.05) is 7.11 Å². The Balaban J connectivity index is 1.86. The van der Waals surface area contributed by atoms with Crippen LogP contribution in [-0.4, -0.2) is 27.8 Å². The second-order valence-electron chi connectivity index (χ2n) is 6.55. The van der Waals surface area contributed by atoms with Crippen LogP contribution in [0.4, 0.5) is 0 Å². The molecule has 6 nitrogen and oxygen atoms in total. The number of allylic oxidation sites excluding steroid dienone is 4. The van der Waals surface area contributed by atoms with E-state index in [-0.39, 0.29) is 5.91 Å². The Morgan fingerprint density at radius 2 is 2.10 bits per heavy atom. The molecule has 3 rings (SSSR count). The molecule has 0 aliphatic carbocycles. The van der Waals surface area contributed by atoms with E-state index in [0.717, 1.165) is 17.0 Å². The number of ether oxygens (including phenoxy) is 1.